The topological polar surface area (TPSA) is 33.0 Å². The van der Waals surface area contributed by atoms with Gasteiger partial charge < -0.3 is 4.74 Å². The highest BCUT2D eigenvalue weighted by atomic mass is 19.1. The second kappa shape index (κ2) is 4.84. The highest BCUT2D eigenvalue weighted by Crippen LogP contribution is 2.28. The van der Waals surface area contributed by atoms with Crippen molar-refractivity contribution < 1.29 is 13.5 Å². The fourth-order valence-electron chi connectivity index (χ4n) is 1.48. The zero-order valence-electron chi connectivity index (χ0n) is 9.58. The molecule has 0 aliphatic carbocycles. The molecule has 0 N–H and O–H groups in total. The number of nitriles is 1. The molecule has 2 rings (SSSR count). The van der Waals surface area contributed by atoms with E-state index in [2.05, 4.69) is 0 Å². The molecular formula is C14H9F2NO. The van der Waals surface area contributed by atoms with Crippen molar-refractivity contribution in [2.75, 3.05) is 0 Å². The summed E-state index contributed by atoms with van der Waals surface area (Å²) in [4.78, 5) is 0. The van der Waals surface area contributed by atoms with Crippen LogP contribution in [0, 0.1) is 29.9 Å². The number of benzene rings is 2. The van der Waals surface area contributed by atoms with Gasteiger partial charge in [0.1, 0.15) is 17.6 Å². The Bertz CT molecular complexity index is 632. The molecule has 18 heavy (non-hydrogen) atoms. The van der Waals surface area contributed by atoms with Crippen molar-refractivity contribution in [1.82, 2.24) is 0 Å². The molecule has 0 atom stereocenters. The molecular weight excluding hydrogens is 236 g/mol. The lowest BCUT2D eigenvalue weighted by molar-refractivity contribution is 0.436. The lowest BCUT2D eigenvalue weighted by Crippen LogP contribution is -1.92. The summed E-state index contributed by atoms with van der Waals surface area (Å²) in [6.45, 7) is 1.83. The average Bonchev–Trinajstić information content (AvgIpc) is 2.33. The van der Waals surface area contributed by atoms with E-state index in [-0.39, 0.29) is 11.5 Å². The summed E-state index contributed by atoms with van der Waals surface area (Å²) in [7, 11) is 0. The molecule has 0 aromatic heterocycles. The van der Waals surface area contributed by atoms with Crippen LogP contribution in [0.15, 0.2) is 36.4 Å². The van der Waals surface area contributed by atoms with Crippen LogP contribution >= 0.6 is 0 Å². The normalized spacial score (nSPS) is 9.89. The van der Waals surface area contributed by atoms with E-state index < -0.39 is 11.6 Å². The Hall–Kier alpha value is -2.41. The largest absolute Gasteiger partial charge is 0.453 e. The van der Waals surface area contributed by atoms with E-state index in [0.717, 1.165) is 17.7 Å². The minimum atomic E-state index is -0.805. The Morgan fingerprint density at radius 1 is 1.06 bits per heavy atom. The van der Waals surface area contributed by atoms with Gasteiger partial charge in [-0.25, -0.2) is 8.78 Å². The van der Waals surface area contributed by atoms with E-state index in [4.69, 9.17) is 10.00 Å². The predicted octanol–water partition coefficient (Wildman–Crippen LogP) is 3.94. The van der Waals surface area contributed by atoms with Gasteiger partial charge in [-0.1, -0.05) is 6.07 Å². The second-order valence-corrected chi connectivity index (χ2v) is 3.79. The van der Waals surface area contributed by atoms with Gasteiger partial charge in [0.2, 0.25) is 0 Å². The minimum absolute atomic E-state index is 0.112. The summed E-state index contributed by atoms with van der Waals surface area (Å²) in [6.07, 6.45) is 0. The standard InChI is InChI=1S/C14H9F2NO/c1-9-2-3-10(8-17)14(6-9)18-13-5-4-11(15)7-12(13)16/h2-7H,1H3. The smallest absolute Gasteiger partial charge is 0.168 e. The van der Waals surface area contributed by atoms with Crippen LogP contribution in [-0.2, 0) is 0 Å². The van der Waals surface area contributed by atoms with Gasteiger partial charge in [0.05, 0.1) is 5.56 Å². The number of ether oxygens (including phenoxy) is 1. The second-order valence-electron chi connectivity index (χ2n) is 3.79. The van der Waals surface area contributed by atoms with Gasteiger partial charge in [0, 0.05) is 6.07 Å². The summed E-state index contributed by atoms with van der Waals surface area (Å²) < 4.78 is 31.5. The first kappa shape index (κ1) is 12.1. The molecule has 90 valence electrons. The van der Waals surface area contributed by atoms with Crippen LogP contribution < -0.4 is 4.74 Å². The molecule has 2 aromatic carbocycles. The van der Waals surface area contributed by atoms with Gasteiger partial charge in [-0.3, -0.25) is 0 Å². The number of nitrogens with zero attached hydrogens (tertiary/aromatic N) is 1. The summed E-state index contributed by atoms with van der Waals surface area (Å²) in [5.74, 6) is -1.34. The van der Waals surface area contributed by atoms with Crippen LogP contribution in [0.3, 0.4) is 0 Å². The third-order valence-corrected chi connectivity index (χ3v) is 2.37. The first-order valence-electron chi connectivity index (χ1n) is 5.24. The van der Waals surface area contributed by atoms with Crippen molar-refractivity contribution in [2.24, 2.45) is 0 Å². The molecule has 2 aromatic rings. The number of aryl methyl sites for hydroxylation is 1. The van der Waals surface area contributed by atoms with E-state index in [1.165, 1.54) is 6.07 Å². The molecule has 0 amide bonds. The van der Waals surface area contributed by atoms with E-state index in [1.54, 1.807) is 18.2 Å². The molecule has 0 spiro atoms. The van der Waals surface area contributed by atoms with Crippen LogP contribution in [0.4, 0.5) is 8.78 Å². The molecule has 0 radical (unpaired) electrons. The summed E-state index contributed by atoms with van der Waals surface area (Å²) in [5.41, 5.74) is 1.18. The van der Waals surface area contributed by atoms with Gasteiger partial charge in [-0.15, -0.1) is 0 Å². The molecule has 0 aliphatic rings. The van der Waals surface area contributed by atoms with Gasteiger partial charge >= 0.3 is 0 Å². The number of rotatable bonds is 2. The third-order valence-electron chi connectivity index (χ3n) is 2.37. The minimum Gasteiger partial charge on any atom is -0.453 e. The van der Waals surface area contributed by atoms with Gasteiger partial charge in [-0.2, -0.15) is 5.26 Å². The summed E-state index contributed by atoms with van der Waals surface area (Å²) in [6, 6.07) is 9.94. The highest BCUT2D eigenvalue weighted by Gasteiger charge is 2.09. The van der Waals surface area contributed by atoms with Crippen LogP contribution in [0.2, 0.25) is 0 Å². The Morgan fingerprint density at radius 3 is 2.50 bits per heavy atom. The lowest BCUT2D eigenvalue weighted by Gasteiger charge is -2.09. The van der Waals surface area contributed by atoms with E-state index in [1.807, 2.05) is 13.0 Å². The quantitative estimate of drug-likeness (QED) is 0.802. The van der Waals surface area contributed by atoms with Crippen molar-refractivity contribution in [1.29, 1.82) is 5.26 Å². The summed E-state index contributed by atoms with van der Waals surface area (Å²) >= 11 is 0. The molecule has 2 nitrogen and oxygen atoms in total. The SMILES string of the molecule is Cc1ccc(C#N)c(Oc2ccc(F)cc2F)c1. The lowest BCUT2D eigenvalue weighted by atomic mass is 10.1. The van der Waals surface area contributed by atoms with E-state index >= 15 is 0 Å². The average molecular weight is 245 g/mol. The molecule has 4 heteroatoms. The summed E-state index contributed by atoms with van der Waals surface area (Å²) in [5, 5.41) is 8.92. The molecule has 0 bridgehead atoms. The maximum absolute atomic E-state index is 13.4. The van der Waals surface area contributed by atoms with Gasteiger partial charge in [0.25, 0.3) is 0 Å². The van der Waals surface area contributed by atoms with E-state index in [9.17, 15) is 8.78 Å². The van der Waals surface area contributed by atoms with Crippen molar-refractivity contribution in [3.63, 3.8) is 0 Å². The fourth-order valence-corrected chi connectivity index (χ4v) is 1.48. The number of halogens is 2. The van der Waals surface area contributed by atoms with Crippen LogP contribution in [0.5, 0.6) is 11.5 Å². The first-order chi connectivity index (χ1) is 8.60. The molecule has 0 aliphatic heterocycles. The Labute approximate surface area is 103 Å². The molecule has 0 saturated heterocycles. The highest BCUT2D eigenvalue weighted by molar-refractivity contribution is 5.47. The van der Waals surface area contributed by atoms with Crippen molar-refractivity contribution in [3.8, 4) is 17.6 Å². The van der Waals surface area contributed by atoms with Crippen molar-refractivity contribution in [2.45, 2.75) is 6.92 Å². The monoisotopic (exact) mass is 245 g/mol. The molecule has 0 fully saturated rings. The number of hydrogen-bond acceptors (Lipinski definition) is 2. The first-order valence-corrected chi connectivity index (χ1v) is 5.24. The maximum Gasteiger partial charge on any atom is 0.168 e. The fraction of sp³-hybridized carbons (Fsp3) is 0.0714. The Morgan fingerprint density at radius 2 is 1.83 bits per heavy atom. The zero-order chi connectivity index (χ0) is 13.1. The Kier molecular flexibility index (Phi) is 3.24. The molecule has 0 heterocycles. The van der Waals surface area contributed by atoms with Crippen LogP contribution in [0.25, 0.3) is 0 Å². The molecule has 0 unspecified atom stereocenters. The van der Waals surface area contributed by atoms with Crippen molar-refractivity contribution in [3.05, 3.63) is 59.2 Å². The molecule has 0 saturated carbocycles. The van der Waals surface area contributed by atoms with Crippen LogP contribution in [-0.4, -0.2) is 0 Å². The van der Waals surface area contributed by atoms with E-state index in [0.29, 0.717) is 5.56 Å². The Balaban J connectivity index is 2.40. The van der Waals surface area contributed by atoms with Gasteiger partial charge in [0.15, 0.2) is 11.6 Å². The maximum atomic E-state index is 13.4. The zero-order valence-corrected chi connectivity index (χ0v) is 9.58. The third kappa shape index (κ3) is 2.46. The predicted molar refractivity (Wildman–Crippen MR) is 62.3 cm³/mol. The van der Waals surface area contributed by atoms with Gasteiger partial charge in [-0.05, 0) is 36.8 Å². The van der Waals surface area contributed by atoms with Crippen molar-refractivity contribution >= 4 is 0 Å². The van der Waals surface area contributed by atoms with Crippen LogP contribution in [0.1, 0.15) is 11.1 Å². The number of hydrogen-bond donors (Lipinski definition) is 0.